The summed E-state index contributed by atoms with van der Waals surface area (Å²) in [6.45, 7) is -0.386. The highest BCUT2D eigenvalue weighted by atomic mass is 35.5. The standard InChI is InChI=1S/C8H9Cl2NO4S2/c1-11(4-7(12)15-2)17(13,14)5-3-6(9)16-8(5)10/h3H,4H2,1-2H3. The van der Waals surface area contributed by atoms with E-state index in [4.69, 9.17) is 23.2 Å². The largest absolute Gasteiger partial charge is 0.468 e. The van der Waals surface area contributed by atoms with Gasteiger partial charge in [0.05, 0.1) is 11.4 Å². The van der Waals surface area contributed by atoms with Crippen LogP contribution in [0, 0.1) is 0 Å². The van der Waals surface area contributed by atoms with Crippen LogP contribution in [0.5, 0.6) is 0 Å². The number of thiophene rings is 1. The lowest BCUT2D eigenvalue weighted by atomic mass is 10.7. The monoisotopic (exact) mass is 317 g/mol. The summed E-state index contributed by atoms with van der Waals surface area (Å²) in [6, 6.07) is 1.25. The van der Waals surface area contributed by atoms with E-state index < -0.39 is 16.0 Å². The summed E-state index contributed by atoms with van der Waals surface area (Å²) in [5.41, 5.74) is 0. The molecule has 0 aliphatic rings. The van der Waals surface area contributed by atoms with Crippen LogP contribution < -0.4 is 0 Å². The molecule has 0 aliphatic carbocycles. The number of carbonyl (C=O) groups is 1. The van der Waals surface area contributed by atoms with E-state index >= 15 is 0 Å². The quantitative estimate of drug-likeness (QED) is 0.795. The number of likely N-dealkylation sites (N-methyl/N-ethyl adjacent to an activating group) is 1. The number of methoxy groups -OCH3 is 1. The molecule has 0 fully saturated rings. The summed E-state index contributed by atoms with van der Waals surface area (Å²) in [4.78, 5) is 10.9. The van der Waals surface area contributed by atoms with Gasteiger partial charge in [-0.15, -0.1) is 11.3 Å². The molecule has 0 atom stereocenters. The first-order valence-corrected chi connectivity index (χ1v) is 7.28. The van der Waals surface area contributed by atoms with E-state index in [1.165, 1.54) is 20.2 Å². The third-order valence-electron chi connectivity index (χ3n) is 1.89. The minimum Gasteiger partial charge on any atom is -0.468 e. The van der Waals surface area contributed by atoms with Crippen LogP contribution in [0.25, 0.3) is 0 Å². The molecule has 17 heavy (non-hydrogen) atoms. The summed E-state index contributed by atoms with van der Waals surface area (Å²) in [5, 5.41) is 0. The van der Waals surface area contributed by atoms with Crippen LogP contribution in [0.1, 0.15) is 0 Å². The second-order valence-electron chi connectivity index (χ2n) is 3.03. The number of esters is 1. The second-order valence-corrected chi connectivity index (χ2v) is 7.32. The average Bonchev–Trinajstić information content (AvgIpc) is 2.58. The zero-order valence-corrected chi connectivity index (χ0v) is 12.1. The van der Waals surface area contributed by atoms with Gasteiger partial charge < -0.3 is 4.74 Å². The zero-order chi connectivity index (χ0) is 13.2. The van der Waals surface area contributed by atoms with Crippen molar-refractivity contribution in [2.75, 3.05) is 20.7 Å². The maximum atomic E-state index is 12.0. The van der Waals surface area contributed by atoms with Gasteiger partial charge in [0.1, 0.15) is 15.8 Å². The molecule has 9 heteroatoms. The van der Waals surface area contributed by atoms with Crippen molar-refractivity contribution in [3.05, 3.63) is 14.7 Å². The summed E-state index contributed by atoms with van der Waals surface area (Å²) in [7, 11) is -1.39. The number of rotatable bonds is 4. The smallest absolute Gasteiger partial charge is 0.321 e. The van der Waals surface area contributed by atoms with Gasteiger partial charge in [0.25, 0.3) is 0 Å². The number of ether oxygens (including phenoxy) is 1. The van der Waals surface area contributed by atoms with Crippen LogP contribution >= 0.6 is 34.5 Å². The molecule has 0 unspecified atom stereocenters. The molecule has 0 N–H and O–H groups in total. The molecule has 0 aromatic carbocycles. The third-order valence-corrected chi connectivity index (χ3v) is 5.45. The maximum Gasteiger partial charge on any atom is 0.321 e. The van der Waals surface area contributed by atoms with Crippen molar-refractivity contribution in [3.8, 4) is 0 Å². The van der Waals surface area contributed by atoms with E-state index in [1.807, 2.05) is 0 Å². The van der Waals surface area contributed by atoms with E-state index in [9.17, 15) is 13.2 Å². The number of hydrogen-bond acceptors (Lipinski definition) is 5. The fourth-order valence-electron chi connectivity index (χ4n) is 1.00. The van der Waals surface area contributed by atoms with Crippen LogP contribution in [-0.2, 0) is 19.6 Å². The van der Waals surface area contributed by atoms with E-state index in [2.05, 4.69) is 4.74 Å². The van der Waals surface area contributed by atoms with Crippen molar-refractivity contribution in [1.29, 1.82) is 0 Å². The number of sulfonamides is 1. The lowest BCUT2D eigenvalue weighted by Gasteiger charge is -2.14. The lowest BCUT2D eigenvalue weighted by molar-refractivity contribution is -0.140. The van der Waals surface area contributed by atoms with Gasteiger partial charge in [0.2, 0.25) is 10.0 Å². The molecule has 96 valence electrons. The predicted molar refractivity (Wildman–Crippen MR) is 66.2 cm³/mol. The zero-order valence-electron chi connectivity index (χ0n) is 8.94. The van der Waals surface area contributed by atoms with Crippen molar-refractivity contribution in [2.24, 2.45) is 0 Å². The Bertz CT molecular complexity index is 526. The molecule has 0 saturated carbocycles. The summed E-state index contributed by atoms with van der Waals surface area (Å²) in [6.07, 6.45) is 0. The van der Waals surface area contributed by atoms with Crippen LogP contribution in [0.3, 0.4) is 0 Å². The van der Waals surface area contributed by atoms with Gasteiger partial charge in [-0.05, 0) is 6.07 Å². The van der Waals surface area contributed by atoms with Crippen molar-refractivity contribution in [2.45, 2.75) is 4.90 Å². The van der Waals surface area contributed by atoms with E-state index in [-0.39, 0.29) is 20.1 Å². The van der Waals surface area contributed by atoms with E-state index in [0.29, 0.717) is 0 Å². The fraction of sp³-hybridized carbons (Fsp3) is 0.375. The van der Waals surface area contributed by atoms with Gasteiger partial charge in [0.15, 0.2) is 0 Å². The first kappa shape index (κ1) is 14.7. The Morgan fingerprint density at radius 2 is 2.12 bits per heavy atom. The third kappa shape index (κ3) is 3.32. The molecule has 5 nitrogen and oxygen atoms in total. The normalized spacial score (nSPS) is 11.8. The highest BCUT2D eigenvalue weighted by Gasteiger charge is 2.27. The maximum absolute atomic E-state index is 12.0. The highest BCUT2D eigenvalue weighted by Crippen LogP contribution is 2.35. The minimum absolute atomic E-state index is 0.0618. The first-order chi connectivity index (χ1) is 7.78. The molecule has 0 aliphatic heterocycles. The highest BCUT2D eigenvalue weighted by molar-refractivity contribution is 7.89. The Balaban J connectivity index is 3.03. The van der Waals surface area contributed by atoms with Crippen molar-refractivity contribution >= 4 is 50.5 Å². The number of halogens is 2. The van der Waals surface area contributed by atoms with E-state index in [0.717, 1.165) is 15.6 Å². The second kappa shape index (κ2) is 5.53. The van der Waals surface area contributed by atoms with Gasteiger partial charge in [-0.2, -0.15) is 4.31 Å². The number of carbonyl (C=O) groups excluding carboxylic acids is 1. The molecule has 0 amide bonds. The molecular weight excluding hydrogens is 309 g/mol. The summed E-state index contributed by atoms with van der Waals surface area (Å²) in [5.74, 6) is -0.659. The molecular formula is C8H9Cl2NO4S2. The van der Waals surface area contributed by atoms with Gasteiger partial charge in [-0.25, -0.2) is 8.42 Å². The molecule has 1 aromatic rings. The molecule has 0 saturated heterocycles. The van der Waals surface area contributed by atoms with Crippen LogP contribution in [0.2, 0.25) is 8.67 Å². The fourth-order valence-corrected chi connectivity index (χ4v) is 4.22. The van der Waals surface area contributed by atoms with Crippen LogP contribution in [0.4, 0.5) is 0 Å². The van der Waals surface area contributed by atoms with Gasteiger partial charge in [-0.1, -0.05) is 23.2 Å². The molecule has 0 spiro atoms. The molecule has 1 rings (SSSR count). The SMILES string of the molecule is COC(=O)CN(C)S(=O)(=O)c1cc(Cl)sc1Cl. The van der Waals surface area contributed by atoms with Crippen LogP contribution in [-0.4, -0.2) is 39.4 Å². The lowest BCUT2D eigenvalue weighted by Crippen LogP contribution is -2.32. The molecule has 0 radical (unpaired) electrons. The minimum atomic E-state index is -3.83. The van der Waals surface area contributed by atoms with Crippen molar-refractivity contribution in [3.63, 3.8) is 0 Å². The van der Waals surface area contributed by atoms with Gasteiger partial charge in [0, 0.05) is 7.05 Å². The Morgan fingerprint density at radius 1 is 1.53 bits per heavy atom. The van der Waals surface area contributed by atoms with Crippen LogP contribution in [0.15, 0.2) is 11.0 Å². The Labute approximate surface area is 113 Å². The number of hydrogen-bond donors (Lipinski definition) is 0. The van der Waals surface area contributed by atoms with Crippen molar-refractivity contribution < 1.29 is 17.9 Å². The predicted octanol–water partition coefficient (Wildman–Crippen LogP) is 1.85. The molecule has 1 heterocycles. The molecule has 1 aromatic heterocycles. The Morgan fingerprint density at radius 3 is 2.53 bits per heavy atom. The topological polar surface area (TPSA) is 63.7 Å². The Kier molecular flexibility index (Phi) is 4.79. The summed E-state index contributed by atoms with van der Waals surface area (Å²) >= 11 is 12.4. The Hall–Kier alpha value is -0.340. The summed E-state index contributed by atoms with van der Waals surface area (Å²) < 4.78 is 29.6. The molecule has 0 bridgehead atoms. The van der Waals surface area contributed by atoms with E-state index in [1.54, 1.807) is 0 Å². The van der Waals surface area contributed by atoms with Gasteiger partial charge in [-0.3, -0.25) is 4.79 Å². The van der Waals surface area contributed by atoms with Gasteiger partial charge >= 0.3 is 5.97 Å². The number of nitrogens with zero attached hydrogens (tertiary/aromatic N) is 1. The van der Waals surface area contributed by atoms with Crippen molar-refractivity contribution in [1.82, 2.24) is 4.31 Å². The average molecular weight is 318 g/mol. The first-order valence-electron chi connectivity index (χ1n) is 4.27.